The van der Waals surface area contributed by atoms with Crippen LogP contribution in [0.4, 0.5) is 0 Å². The van der Waals surface area contributed by atoms with E-state index in [9.17, 15) is 4.79 Å². The number of para-hydroxylation sites is 1. The first-order valence-corrected chi connectivity index (χ1v) is 6.62. The van der Waals surface area contributed by atoms with Crippen molar-refractivity contribution in [3.8, 4) is 0 Å². The third-order valence-corrected chi connectivity index (χ3v) is 3.82. The fourth-order valence-corrected chi connectivity index (χ4v) is 2.67. The van der Waals surface area contributed by atoms with Gasteiger partial charge in [-0.1, -0.05) is 18.2 Å². The average molecular weight is 258 g/mol. The molecule has 1 atom stereocenters. The fourth-order valence-electron chi connectivity index (χ4n) is 2.67. The summed E-state index contributed by atoms with van der Waals surface area (Å²) in [6.45, 7) is 1.93. The van der Waals surface area contributed by atoms with Crippen LogP contribution < -0.4 is 0 Å². The number of methoxy groups -OCH3 is 1. The first-order valence-electron chi connectivity index (χ1n) is 6.62. The summed E-state index contributed by atoms with van der Waals surface area (Å²) < 4.78 is 7.31. The van der Waals surface area contributed by atoms with Crippen molar-refractivity contribution in [2.75, 3.05) is 20.2 Å². The quantitative estimate of drug-likeness (QED) is 0.842. The van der Waals surface area contributed by atoms with Crippen LogP contribution in [0.2, 0.25) is 0 Å². The van der Waals surface area contributed by atoms with E-state index in [0.29, 0.717) is 13.1 Å². The Balaban J connectivity index is 1.73. The van der Waals surface area contributed by atoms with Crippen molar-refractivity contribution in [1.82, 2.24) is 9.47 Å². The van der Waals surface area contributed by atoms with Crippen LogP contribution in [-0.2, 0) is 16.1 Å². The fraction of sp³-hybridized carbons (Fsp3) is 0.400. The van der Waals surface area contributed by atoms with E-state index in [1.54, 1.807) is 7.11 Å². The molecule has 1 aliphatic heterocycles. The molecule has 4 heteroatoms. The van der Waals surface area contributed by atoms with Gasteiger partial charge in [0.1, 0.15) is 6.54 Å². The van der Waals surface area contributed by atoms with E-state index in [1.807, 2.05) is 39.9 Å². The van der Waals surface area contributed by atoms with Crippen molar-refractivity contribution in [3.63, 3.8) is 0 Å². The lowest BCUT2D eigenvalue weighted by molar-refractivity contribution is -0.131. The topological polar surface area (TPSA) is 34.5 Å². The van der Waals surface area contributed by atoms with Gasteiger partial charge in [0.2, 0.25) is 5.91 Å². The van der Waals surface area contributed by atoms with Crippen LogP contribution in [0.3, 0.4) is 0 Å². The van der Waals surface area contributed by atoms with Crippen molar-refractivity contribution >= 4 is 16.8 Å². The highest BCUT2D eigenvalue weighted by Crippen LogP contribution is 2.17. The molecule has 1 aromatic carbocycles. The summed E-state index contributed by atoms with van der Waals surface area (Å²) in [6.07, 6.45) is 3.12. The van der Waals surface area contributed by atoms with Gasteiger partial charge in [-0.3, -0.25) is 4.79 Å². The van der Waals surface area contributed by atoms with E-state index in [0.717, 1.165) is 18.5 Å². The van der Waals surface area contributed by atoms with Crippen molar-refractivity contribution in [1.29, 1.82) is 0 Å². The molecule has 4 nitrogen and oxygen atoms in total. The standard InChI is InChI=1S/C15H18N2O2/c1-19-13-7-9-17(10-13)15(18)11-16-8-6-12-4-2-3-5-14(12)16/h2-6,8,13H,7,9-11H2,1H3. The molecule has 2 heterocycles. The Bertz CT molecular complexity index is 591. The number of carbonyl (C=O) groups excluding carboxylic acids is 1. The molecule has 1 aliphatic rings. The Morgan fingerprint density at radius 3 is 3.00 bits per heavy atom. The lowest BCUT2D eigenvalue weighted by atomic mass is 10.2. The van der Waals surface area contributed by atoms with Crippen LogP contribution in [0.5, 0.6) is 0 Å². The minimum absolute atomic E-state index is 0.168. The Morgan fingerprint density at radius 1 is 1.37 bits per heavy atom. The van der Waals surface area contributed by atoms with E-state index in [4.69, 9.17) is 4.74 Å². The molecule has 1 aromatic heterocycles. The average Bonchev–Trinajstić information content (AvgIpc) is 3.06. The molecule has 1 unspecified atom stereocenters. The summed E-state index contributed by atoms with van der Waals surface area (Å²) in [5.41, 5.74) is 1.11. The van der Waals surface area contributed by atoms with Crippen molar-refractivity contribution in [3.05, 3.63) is 36.5 Å². The molecule has 100 valence electrons. The van der Waals surface area contributed by atoms with Crippen LogP contribution in [-0.4, -0.2) is 41.7 Å². The molecule has 1 fully saturated rings. The number of hydrogen-bond acceptors (Lipinski definition) is 2. The number of likely N-dealkylation sites (tertiary alicyclic amines) is 1. The number of nitrogens with zero attached hydrogens (tertiary/aromatic N) is 2. The van der Waals surface area contributed by atoms with Gasteiger partial charge in [0, 0.05) is 31.9 Å². The van der Waals surface area contributed by atoms with Gasteiger partial charge in [0.05, 0.1) is 6.10 Å². The maximum atomic E-state index is 12.3. The van der Waals surface area contributed by atoms with Gasteiger partial charge in [-0.15, -0.1) is 0 Å². The SMILES string of the molecule is COC1CCN(C(=O)Cn2ccc3ccccc32)C1. The highest BCUT2D eigenvalue weighted by Gasteiger charge is 2.25. The van der Waals surface area contributed by atoms with Crippen LogP contribution in [0.15, 0.2) is 36.5 Å². The number of aromatic nitrogens is 1. The third-order valence-electron chi connectivity index (χ3n) is 3.82. The predicted molar refractivity (Wildman–Crippen MR) is 73.9 cm³/mol. The maximum Gasteiger partial charge on any atom is 0.242 e. The summed E-state index contributed by atoms with van der Waals surface area (Å²) in [5, 5.41) is 1.17. The van der Waals surface area contributed by atoms with Gasteiger partial charge in [0.15, 0.2) is 0 Å². The number of fused-ring (bicyclic) bond motifs is 1. The number of hydrogen-bond donors (Lipinski definition) is 0. The van der Waals surface area contributed by atoms with Gasteiger partial charge in [-0.2, -0.15) is 0 Å². The zero-order valence-electron chi connectivity index (χ0n) is 11.1. The van der Waals surface area contributed by atoms with E-state index < -0.39 is 0 Å². The number of benzene rings is 1. The van der Waals surface area contributed by atoms with E-state index in [1.165, 1.54) is 5.39 Å². The van der Waals surface area contributed by atoms with Crippen LogP contribution >= 0.6 is 0 Å². The molecule has 0 spiro atoms. The normalized spacial score (nSPS) is 19.2. The molecule has 3 rings (SSSR count). The monoisotopic (exact) mass is 258 g/mol. The summed E-state index contributed by atoms with van der Waals surface area (Å²) >= 11 is 0. The number of ether oxygens (including phenoxy) is 1. The first-order chi connectivity index (χ1) is 9.28. The van der Waals surface area contributed by atoms with Crippen molar-refractivity contribution in [2.24, 2.45) is 0 Å². The summed E-state index contributed by atoms with van der Waals surface area (Å²) in [4.78, 5) is 14.2. The van der Waals surface area contributed by atoms with Gasteiger partial charge in [-0.05, 0) is 23.9 Å². The highest BCUT2D eigenvalue weighted by atomic mass is 16.5. The summed E-state index contributed by atoms with van der Waals surface area (Å²) in [7, 11) is 1.71. The molecule has 0 radical (unpaired) electrons. The van der Waals surface area contributed by atoms with Crippen molar-refractivity contribution in [2.45, 2.75) is 19.1 Å². The molecule has 1 saturated heterocycles. The predicted octanol–water partition coefficient (Wildman–Crippen LogP) is 1.89. The molecule has 19 heavy (non-hydrogen) atoms. The Labute approximate surface area is 112 Å². The second-order valence-corrected chi connectivity index (χ2v) is 4.99. The maximum absolute atomic E-state index is 12.3. The Kier molecular flexibility index (Phi) is 3.25. The smallest absolute Gasteiger partial charge is 0.242 e. The molecule has 0 aliphatic carbocycles. The van der Waals surface area contributed by atoms with Gasteiger partial charge < -0.3 is 14.2 Å². The number of amides is 1. The Hall–Kier alpha value is -1.81. The van der Waals surface area contributed by atoms with Gasteiger partial charge >= 0.3 is 0 Å². The molecular formula is C15H18N2O2. The minimum Gasteiger partial charge on any atom is -0.380 e. The molecule has 0 saturated carbocycles. The summed E-state index contributed by atoms with van der Waals surface area (Å²) in [5.74, 6) is 0.168. The van der Waals surface area contributed by atoms with E-state index >= 15 is 0 Å². The second-order valence-electron chi connectivity index (χ2n) is 4.99. The zero-order chi connectivity index (χ0) is 13.2. The zero-order valence-corrected chi connectivity index (χ0v) is 11.1. The van der Waals surface area contributed by atoms with Crippen LogP contribution in [0.25, 0.3) is 10.9 Å². The molecular weight excluding hydrogens is 240 g/mol. The van der Waals surface area contributed by atoms with Crippen LogP contribution in [0.1, 0.15) is 6.42 Å². The minimum atomic E-state index is 0.168. The third kappa shape index (κ3) is 2.36. The van der Waals surface area contributed by atoms with Gasteiger partial charge in [-0.25, -0.2) is 0 Å². The van der Waals surface area contributed by atoms with Crippen molar-refractivity contribution < 1.29 is 9.53 Å². The number of rotatable bonds is 3. The van der Waals surface area contributed by atoms with E-state index in [-0.39, 0.29) is 12.0 Å². The molecule has 0 bridgehead atoms. The van der Waals surface area contributed by atoms with E-state index in [2.05, 4.69) is 6.07 Å². The molecule has 2 aromatic rings. The first kappa shape index (κ1) is 12.2. The lowest BCUT2D eigenvalue weighted by Crippen LogP contribution is -2.32. The second kappa shape index (κ2) is 5.05. The largest absolute Gasteiger partial charge is 0.380 e. The molecule has 1 amide bonds. The van der Waals surface area contributed by atoms with Gasteiger partial charge in [0.25, 0.3) is 0 Å². The Morgan fingerprint density at radius 2 is 2.21 bits per heavy atom. The molecule has 0 N–H and O–H groups in total. The van der Waals surface area contributed by atoms with Crippen LogP contribution in [0, 0.1) is 0 Å². The lowest BCUT2D eigenvalue weighted by Gasteiger charge is -2.17. The summed E-state index contributed by atoms with van der Waals surface area (Å²) in [6, 6.07) is 10.2. The number of carbonyl (C=O) groups is 1. The highest BCUT2D eigenvalue weighted by molar-refractivity contribution is 5.83.